The molecule has 1 aromatic carbocycles. The molecule has 0 aliphatic rings. The Bertz CT molecular complexity index is 1240. The second-order valence-corrected chi connectivity index (χ2v) is 9.40. The fraction of sp³-hybridized carbons (Fsp3) is 0.360. The Morgan fingerprint density at radius 2 is 1.78 bits per heavy atom. The molecule has 0 saturated heterocycles. The first kappa shape index (κ1) is 27.1. The third kappa shape index (κ3) is 8.30. The first-order valence-electron chi connectivity index (χ1n) is 11.7. The van der Waals surface area contributed by atoms with Crippen molar-refractivity contribution < 1.29 is 23.7 Å². The lowest BCUT2D eigenvalue weighted by Gasteiger charge is -2.23. The summed E-state index contributed by atoms with van der Waals surface area (Å²) in [5.74, 6) is -1.52. The third-order valence-corrected chi connectivity index (χ3v) is 4.97. The molecule has 0 saturated carbocycles. The molecule has 12 nitrogen and oxygen atoms in total. The lowest BCUT2D eigenvalue weighted by atomic mass is 10.1. The van der Waals surface area contributed by atoms with Gasteiger partial charge in [-0.05, 0) is 52.0 Å². The van der Waals surface area contributed by atoms with Crippen LogP contribution < -0.4 is 21.3 Å². The van der Waals surface area contributed by atoms with Gasteiger partial charge in [0.1, 0.15) is 11.8 Å². The SMILES string of the molecule is Cc1cc(C(=O)N[C@@H](CC(=O)NC(C)(C)C)C(=O)NCCNC(=O)c2cccc(-n3cccn3)c2)no1. The quantitative estimate of drug-likeness (QED) is 0.298. The number of nitrogens with one attached hydrogen (secondary N) is 4. The number of nitrogens with zero attached hydrogens (tertiary/aromatic N) is 3. The van der Waals surface area contributed by atoms with Crippen molar-refractivity contribution in [2.75, 3.05) is 13.1 Å². The van der Waals surface area contributed by atoms with Crippen molar-refractivity contribution in [3.05, 3.63) is 65.8 Å². The highest BCUT2D eigenvalue weighted by Gasteiger charge is 2.27. The highest BCUT2D eigenvalue weighted by Crippen LogP contribution is 2.09. The zero-order valence-corrected chi connectivity index (χ0v) is 21.2. The molecule has 196 valence electrons. The summed E-state index contributed by atoms with van der Waals surface area (Å²) in [5.41, 5.74) is 0.660. The zero-order chi connectivity index (χ0) is 27.0. The van der Waals surface area contributed by atoms with Crippen LogP contribution in [0.25, 0.3) is 5.69 Å². The van der Waals surface area contributed by atoms with Crippen LogP contribution >= 0.6 is 0 Å². The van der Waals surface area contributed by atoms with Gasteiger partial charge in [-0.15, -0.1) is 0 Å². The maximum absolute atomic E-state index is 12.8. The lowest BCUT2D eigenvalue weighted by molar-refractivity contribution is -0.128. The molecule has 3 rings (SSSR count). The van der Waals surface area contributed by atoms with E-state index in [9.17, 15) is 19.2 Å². The van der Waals surface area contributed by atoms with Gasteiger partial charge in [0.25, 0.3) is 11.8 Å². The van der Waals surface area contributed by atoms with Crippen LogP contribution in [-0.4, -0.2) is 63.2 Å². The van der Waals surface area contributed by atoms with Gasteiger partial charge in [-0.3, -0.25) is 19.2 Å². The van der Waals surface area contributed by atoms with Crippen LogP contribution in [0, 0.1) is 6.92 Å². The molecule has 0 unspecified atom stereocenters. The van der Waals surface area contributed by atoms with E-state index in [1.165, 1.54) is 6.07 Å². The van der Waals surface area contributed by atoms with Crippen molar-refractivity contribution in [1.29, 1.82) is 0 Å². The topological polar surface area (TPSA) is 160 Å². The minimum atomic E-state index is -1.16. The number of hydrogen-bond donors (Lipinski definition) is 4. The second kappa shape index (κ2) is 12.0. The fourth-order valence-corrected chi connectivity index (χ4v) is 3.37. The van der Waals surface area contributed by atoms with Gasteiger partial charge in [0.2, 0.25) is 11.8 Å². The number of aryl methyl sites for hydroxylation is 1. The average Bonchev–Trinajstić information content (AvgIpc) is 3.52. The van der Waals surface area contributed by atoms with Crippen LogP contribution in [0.1, 0.15) is 53.8 Å². The van der Waals surface area contributed by atoms with Crippen molar-refractivity contribution in [1.82, 2.24) is 36.2 Å². The molecule has 12 heteroatoms. The van der Waals surface area contributed by atoms with E-state index in [1.807, 2.05) is 26.8 Å². The number of amides is 4. The number of carbonyl (C=O) groups is 4. The number of rotatable bonds is 10. The standard InChI is InChI=1S/C25H31N7O5/c1-16-13-20(31-37-16)24(36)29-19(15-21(33)30-25(2,3)4)23(35)27-11-10-26-22(34)17-7-5-8-18(14-17)32-12-6-9-28-32/h5-9,12-14,19H,10-11,15H2,1-4H3,(H,26,34)(H,27,35)(H,29,36)(H,30,33)/t19-/m0/s1. The summed E-state index contributed by atoms with van der Waals surface area (Å²) in [6.45, 7) is 7.28. The van der Waals surface area contributed by atoms with Gasteiger partial charge in [-0.25, -0.2) is 4.68 Å². The Labute approximate surface area is 214 Å². The Morgan fingerprint density at radius 1 is 1.03 bits per heavy atom. The summed E-state index contributed by atoms with van der Waals surface area (Å²) in [6, 6.07) is 9.00. The largest absolute Gasteiger partial charge is 0.361 e. The van der Waals surface area contributed by atoms with Crippen LogP contribution in [0.4, 0.5) is 0 Å². The molecule has 0 aliphatic carbocycles. The molecule has 1 atom stereocenters. The van der Waals surface area contributed by atoms with E-state index in [0.717, 1.165) is 5.69 Å². The predicted octanol–water partition coefficient (Wildman–Crippen LogP) is 1.12. The number of hydrogen-bond acceptors (Lipinski definition) is 7. The zero-order valence-electron chi connectivity index (χ0n) is 21.2. The van der Waals surface area contributed by atoms with Crippen LogP contribution in [0.2, 0.25) is 0 Å². The molecule has 2 heterocycles. The number of carbonyl (C=O) groups excluding carboxylic acids is 4. The molecule has 0 bridgehead atoms. The molecule has 3 aromatic rings. The van der Waals surface area contributed by atoms with E-state index in [4.69, 9.17) is 4.52 Å². The van der Waals surface area contributed by atoms with Gasteiger partial charge in [0, 0.05) is 42.7 Å². The molecule has 4 amide bonds. The Hall–Kier alpha value is -4.48. The maximum atomic E-state index is 12.8. The highest BCUT2D eigenvalue weighted by atomic mass is 16.5. The van der Waals surface area contributed by atoms with Gasteiger partial charge in [-0.2, -0.15) is 5.10 Å². The van der Waals surface area contributed by atoms with E-state index in [2.05, 4.69) is 31.5 Å². The van der Waals surface area contributed by atoms with Crippen molar-refractivity contribution in [3.63, 3.8) is 0 Å². The fourth-order valence-electron chi connectivity index (χ4n) is 3.37. The highest BCUT2D eigenvalue weighted by molar-refractivity contribution is 5.98. The Kier molecular flexibility index (Phi) is 8.77. The Balaban J connectivity index is 1.55. The van der Waals surface area contributed by atoms with E-state index in [0.29, 0.717) is 11.3 Å². The van der Waals surface area contributed by atoms with Gasteiger partial charge >= 0.3 is 0 Å². The number of benzene rings is 1. The van der Waals surface area contributed by atoms with Crippen LogP contribution in [0.15, 0.2) is 53.3 Å². The van der Waals surface area contributed by atoms with Crippen molar-refractivity contribution in [2.24, 2.45) is 0 Å². The van der Waals surface area contributed by atoms with Gasteiger partial charge in [-0.1, -0.05) is 11.2 Å². The summed E-state index contributed by atoms with van der Waals surface area (Å²) >= 11 is 0. The van der Waals surface area contributed by atoms with E-state index < -0.39 is 29.3 Å². The van der Waals surface area contributed by atoms with E-state index in [1.54, 1.807) is 48.3 Å². The molecule has 0 radical (unpaired) electrons. The molecule has 0 fully saturated rings. The molecule has 2 aromatic heterocycles. The van der Waals surface area contributed by atoms with Crippen molar-refractivity contribution in [3.8, 4) is 5.69 Å². The summed E-state index contributed by atoms with van der Waals surface area (Å²) in [7, 11) is 0. The minimum absolute atomic E-state index is 0.00358. The third-order valence-electron chi connectivity index (χ3n) is 4.97. The summed E-state index contributed by atoms with van der Waals surface area (Å²) in [4.78, 5) is 50.3. The molecule has 4 N–H and O–H groups in total. The minimum Gasteiger partial charge on any atom is -0.361 e. The average molecular weight is 510 g/mol. The second-order valence-electron chi connectivity index (χ2n) is 9.40. The lowest BCUT2D eigenvalue weighted by Crippen LogP contribution is -2.51. The molecule has 37 heavy (non-hydrogen) atoms. The van der Waals surface area contributed by atoms with Crippen LogP contribution in [0.5, 0.6) is 0 Å². The molecule has 0 aliphatic heterocycles. The van der Waals surface area contributed by atoms with Gasteiger partial charge in [0.15, 0.2) is 5.69 Å². The van der Waals surface area contributed by atoms with E-state index in [-0.39, 0.29) is 31.1 Å². The van der Waals surface area contributed by atoms with E-state index >= 15 is 0 Å². The summed E-state index contributed by atoms with van der Waals surface area (Å²) in [6.07, 6.45) is 3.14. The predicted molar refractivity (Wildman–Crippen MR) is 134 cm³/mol. The summed E-state index contributed by atoms with van der Waals surface area (Å²) in [5, 5.41) is 18.5. The van der Waals surface area contributed by atoms with Crippen molar-refractivity contribution in [2.45, 2.75) is 45.7 Å². The normalized spacial score (nSPS) is 11.9. The van der Waals surface area contributed by atoms with Crippen LogP contribution in [-0.2, 0) is 9.59 Å². The van der Waals surface area contributed by atoms with Crippen molar-refractivity contribution >= 4 is 23.6 Å². The maximum Gasteiger partial charge on any atom is 0.274 e. The first-order chi connectivity index (χ1) is 17.5. The van der Waals surface area contributed by atoms with Crippen LogP contribution in [0.3, 0.4) is 0 Å². The Morgan fingerprint density at radius 3 is 2.43 bits per heavy atom. The molecule has 0 spiro atoms. The first-order valence-corrected chi connectivity index (χ1v) is 11.7. The molecular formula is C25H31N7O5. The molecular weight excluding hydrogens is 478 g/mol. The van der Waals surface area contributed by atoms with Gasteiger partial charge < -0.3 is 25.8 Å². The monoisotopic (exact) mass is 509 g/mol. The number of aromatic nitrogens is 3. The van der Waals surface area contributed by atoms with Gasteiger partial charge in [0.05, 0.1) is 12.1 Å². The summed E-state index contributed by atoms with van der Waals surface area (Å²) < 4.78 is 6.55. The smallest absolute Gasteiger partial charge is 0.274 e.